The van der Waals surface area contributed by atoms with Crippen LogP contribution in [0.4, 0.5) is 11.4 Å². The van der Waals surface area contributed by atoms with E-state index in [0.717, 1.165) is 19.3 Å². The molecule has 0 spiro atoms. The van der Waals surface area contributed by atoms with E-state index in [9.17, 15) is 14.9 Å². The van der Waals surface area contributed by atoms with Crippen LogP contribution in [0.1, 0.15) is 19.3 Å². The smallest absolute Gasteiger partial charge is 0.269 e. The predicted octanol–water partition coefficient (Wildman–Crippen LogP) is 1.38. The fraction of sp³-hybridized carbons (Fsp3) is 0.500. The fourth-order valence-corrected chi connectivity index (χ4v) is 2.32. The van der Waals surface area contributed by atoms with E-state index in [1.165, 1.54) is 24.3 Å². The second-order valence-corrected chi connectivity index (χ2v) is 5.13. The zero-order chi connectivity index (χ0) is 15.2. The number of carbonyl (C=O) groups excluding carboxylic acids is 1. The minimum atomic E-state index is -0.481. The van der Waals surface area contributed by atoms with Gasteiger partial charge in [0.25, 0.3) is 5.69 Å². The number of benzene rings is 1. The summed E-state index contributed by atoms with van der Waals surface area (Å²) in [5, 5.41) is 22.3. The molecule has 7 heteroatoms. The van der Waals surface area contributed by atoms with Crippen LogP contribution in [0.3, 0.4) is 0 Å². The van der Waals surface area contributed by atoms with Gasteiger partial charge in [0.15, 0.2) is 0 Å². The first-order valence-corrected chi connectivity index (χ1v) is 6.99. The second kappa shape index (κ2) is 7.14. The summed E-state index contributed by atoms with van der Waals surface area (Å²) >= 11 is 0. The number of anilines is 1. The second-order valence-electron chi connectivity index (χ2n) is 5.13. The van der Waals surface area contributed by atoms with E-state index in [-0.39, 0.29) is 24.7 Å². The molecule has 0 heterocycles. The number of amides is 1. The van der Waals surface area contributed by atoms with Crippen LogP contribution in [0, 0.1) is 10.1 Å². The quantitative estimate of drug-likeness (QED) is 0.585. The number of nitrogens with zero attached hydrogens (tertiary/aromatic N) is 2. The summed E-state index contributed by atoms with van der Waals surface area (Å²) in [4.78, 5) is 24.0. The van der Waals surface area contributed by atoms with Gasteiger partial charge in [-0.3, -0.25) is 19.8 Å². The van der Waals surface area contributed by atoms with Crippen molar-refractivity contribution in [1.29, 1.82) is 0 Å². The molecule has 114 valence electrons. The molecule has 1 fully saturated rings. The maximum atomic E-state index is 12.0. The number of nitro groups is 1. The van der Waals surface area contributed by atoms with Gasteiger partial charge < -0.3 is 10.4 Å². The van der Waals surface area contributed by atoms with Crippen LogP contribution in [0.15, 0.2) is 24.3 Å². The highest BCUT2D eigenvalue weighted by Gasteiger charge is 2.25. The molecule has 0 saturated heterocycles. The monoisotopic (exact) mass is 293 g/mol. The summed E-state index contributed by atoms with van der Waals surface area (Å²) in [7, 11) is 0. The first kappa shape index (κ1) is 15.4. The lowest BCUT2D eigenvalue weighted by atomic mass is 9.91. The molecule has 0 atom stereocenters. The first-order valence-electron chi connectivity index (χ1n) is 6.99. The van der Waals surface area contributed by atoms with Crippen LogP contribution in [-0.4, -0.2) is 46.6 Å². The molecule has 1 aliphatic carbocycles. The van der Waals surface area contributed by atoms with E-state index < -0.39 is 4.92 Å². The van der Waals surface area contributed by atoms with E-state index in [1.807, 2.05) is 4.90 Å². The standard InChI is InChI=1S/C14H19N3O4/c18-9-8-16(12-2-1-3-12)10-14(19)15-11-4-6-13(7-5-11)17(20)21/h4-7,12,18H,1-3,8-10H2,(H,15,19). The van der Waals surface area contributed by atoms with Crippen molar-refractivity contribution >= 4 is 17.3 Å². The van der Waals surface area contributed by atoms with Gasteiger partial charge in [0, 0.05) is 30.4 Å². The number of nitro benzene ring substituents is 1. The van der Waals surface area contributed by atoms with Crippen LogP contribution in [0.2, 0.25) is 0 Å². The van der Waals surface area contributed by atoms with Crippen molar-refractivity contribution in [3.8, 4) is 0 Å². The SMILES string of the molecule is O=C(CN(CCO)C1CCC1)Nc1ccc([N+](=O)[O-])cc1. The largest absolute Gasteiger partial charge is 0.395 e. The van der Waals surface area contributed by atoms with E-state index >= 15 is 0 Å². The molecule has 0 radical (unpaired) electrons. The molecule has 1 saturated carbocycles. The molecule has 2 N–H and O–H groups in total. The molecule has 1 aromatic rings. The van der Waals surface area contributed by atoms with Gasteiger partial charge in [0.05, 0.1) is 18.1 Å². The van der Waals surface area contributed by atoms with Crippen molar-refractivity contribution in [3.05, 3.63) is 34.4 Å². The topological polar surface area (TPSA) is 95.7 Å². The summed E-state index contributed by atoms with van der Waals surface area (Å²) in [5.41, 5.74) is 0.521. The summed E-state index contributed by atoms with van der Waals surface area (Å²) in [6, 6.07) is 6.10. The third-order valence-corrected chi connectivity index (χ3v) is 3.69. The molecular weight excluding hydrogens is 274 g/mol. The van der Waals surface area contributed by atoms with Crippen LogP contribution in [0.25, 0.3) is 0 Å². The number of carbonyl (C=O) groups is 1. The summed E-state index contributed by atoms with van der Waals surface area (Å²) in [5.74, 6) is -0.177. The van der Waals surface area contributed by atoms with Gasteiger partial charge in [-0.1, -0.05) is 6.42 Å². The number of non-ortho nitro benzene ring substituents is 1. The maximum Gasteiger partial charge on any atom is 0.269 e. The Kier molecular flexibility index (Phi) is 5.24. The van der Waals surface area contributed by atoms with E-state index in [4.69, 9.17) is 5.11 Å². The number of rotatable bonds is 7. The average molecular weight is 293 g/mol. The molecule has 0 aliphatic heterocycles. The van der Waals surface area contributed by atoms with Gasteiger partial charge in [0.2, 0.25) is 5.91 Å². The third-order valence-electron chi connectivity index (χ3n) is 3.69. The fourth-order valence-electron chi connectivity index (χ4n) is 2.32. The van der Waals surface area contributed by atoms with Crippen LogP contribution in [-0.2, 0) is 4.79 Å². The lowest BCUT2D eigenvalue weighted by Gasteiger charge is -2.36. The van der Waals surface area contributed by atoms with E-state index in [2.05, 4.69) is 5.32 Å². The molecule has 2 rings (SSSR count). The van der Waals surface area contributed by atoms with Gasteiger partial charge in [-0.25, -0.2) is 0 Å². The Balaban J connectivity index is 1.89. The van der Waals surface area contributed by atoms with Gasteiger partial charge in [-0.05, 0) is 25.0 Å². The minimum Gasteiger partial charge on any atom is -0.395 e. The van der Waals surface area contributed by atoms with Crippen LogP contribution < -0.4 is 5.32 Å². The molecular formula is C14H19N3O4. The molecule has 1 aliphatic rings. The van der Waals surface area contributed by atoms with Crippen molar-refractivity contribution in [2.24, 2.45) is 0 Å². The van der Waals surface area contributed by atoms with Gasteiger partial charge >= 0.3 is 0 Å². The Hall–Kier alpha value is -1.99. The Bertz CT molecular complexity index is 499. The lowest BCUT2D eigenvalue weighted by molar-refractivity contribution is -0.384. The highest BCUT2D eigenvalue weighted by atomic mass is 16.6. The third kappa shape index (κ3) is 4.24. The van der Waals surface area contributed by atoms with Crippen LogP contribution >= 0.6 is 0 Å². The first-order chi connectivity index (χ1) is 10.1. The average Bonchev–Trinajstić information content (AvgIpc) is 2.37. The summed E-state index contributed by atoms with van der Waals surface area (Å²) in [6.07, 6.45) is 3.28. The van der Waals surface area contributed by atoms with E-state index in [0.29, 0.717) is 18.3 Å². The highest BCUT2D eigenvalue weighted by Crippen LogP contribution is 2.24. The maximum absolute atomic E-state index is 12.0. The molecule has 1 amide bonds. The Morgan fingerprint density at radius 1 is 1.38 bits per heavy atom. The summed E-state index contributed by atoms with van der Waals surface area (Å²) < 4.78 is 0. The molecule has 0 aromatic heterocycles. The summed E-state index contributed by atoms with van der Waals surface area (Å²) in [6.45, 7) is 0.738. The van der Waals surface area contributed by atoms with Gasteiger partial charge in [-0.2, -0.15) is 0 Å². The minimum absolute atomic E-state index is 0.00984. The molecule has 0 bridgehead atoms. The van der Waals surface area contributed by atoms with E-state index in [1.54, 1.807) is 0 Å². The Labute approximate surface area is 122 Å². The normalized spacial score (nSPS) is 14.8. The van der Waals surface area contributed by atoms with Crippen molar-refractivity contribution in [3.63, 3.8) is 0 Å². The number of aliphatic hydroxyl groups excluding tert-OH is 1. The molecule has 1 aromatic carbocycles. The van der Waals surface area contributed by atoms with Crippen molar-refractivity contribution in [1.82, 2.24) is 4.90 Å². The predicted molar refractivity (Wildman–Crippen MR) is 78.0 cm³/mol. The zero-order valence-corrected chi connectivity index (χ0v) is 11.7. The Morgan fingerprint density at radius 2 is 2.05 bits per heavy atom. The number of aliphatic hydroxyl groups is 1. The van der Waals surface area contributed by atoms with Crippen molar-refractivity contribution in [2.45, 2.75) is 25.3 Å². The Morgan fingerprint density at radius 3 is 2.52 bits per heavy atom. The zero-order valence-electron chi connectivity index (χ0n) is 11.7. The van der Waals surface area contributed by atoms with Crippen molar-refractivity contribution in [2.75, 3.05) is 25.0 Å². The molecule has 7 nitrogen and oxygen atoms in total. The van der Waals surface area contributed by atoms with Gasteiger partial charge in [-0.15, -0.1) is 0 Å². The van der Waals surface area contributed by atoms with Gasteiger partial charge in [0.1, 0.15) is 0 Å². The molecule has 21 heavy (non-hydrogen) atoms. The molecule has 0 unspecified atom stereocenters. The van der Waals surface area contributed by atoms with Crippen molar-refractivity contribution < 1.29 is 14.8 Å². The lowest BCUT2D eigenvalue weighted by Crippen LogP contribution is -2.45. The number of nitrogens with one attached hydrogen (secondary N) is 1. The van der Waals surface area contributed by atoms with Crippen LogP contribution in [0.5, 0.6) is 0 Å². The highest BCUT2D eigenvalue weighted by molar-refractivity contribution is 5.92. The number of hydrogen-bond acceptors (Lipinski definition) is 5. The number of hydrogen-bond donors (Lipinski definition) is 2.